The van der Waals surface area contributed by atoms with Gasteiger partial charge in [-0.15, -0.1) is 12.4 Å². The molecule has 4 heterocycles. The van der Waals surface area contributed by atoms with Gasteiger partial charge in [0.1, 0.15) is 5.69 Å². The summed E-state index contributed by atoms with van der Waals surface area (Å²) in [5.41, 5.74) is 1.69. The maximum absolute atomic E-state index is 13.5. The number of rotatable bonds is 5. The highest BCUT2D eigenvalue weighted by Crippen LogP contribution is 2.41. The summed E-state index contributed by atoms with van der Waals surface area (Å²) < 4.78 is 27.6. The van der Waals surface area contributed by atoms with Gasteiger partial charge in [0.2, 0.25) is 15.9 Å². The van der Waals surface area contributed by atoms with Gasteiger partial charge in [-0.25, -0.2) is 12.7 Å². The quantitative estimate of drug-likeness (QED) is 0.651. The lowest BCUT2D eigenvalue weighted by molar-refractivity contribution is -0.129. The highest BCUT2D eigenvalue weighted by molar-refractivity contribution is 7.88. The number of carbonyl (C=O) groups is 2. The van der Waals surface area contributed by atoms with Crippen LogP contribution in [0.2, 0.25) is 0 Å². The Hall–Kier alpha value is -1.58. The fourth-order valence-electron chi connectivity index (χ4n) is 5.51. The van der Waals surface area contributed by atoms with E-state index in [1.807, 2.05) is 37.6 Å². The van der Waals surface area contributed by atoms with Crippen molar-refractivity contribution < 1.29 is 18.0 Å². The predicted molar refractivity (Wildman–Crippen MR) is 120 cm³/mol. The summed E-state index contributed by atoms with van der Waals surface area (Å²) in [5, 5.41) is 0. The lowest BCUT2D eigenvalue weighted by Crippen LogP contribution is -2.44. The Labute approximate surface area is 191 Å². The minimum Gasteiger partial charge on any atom is -0.342 e. The molecule has 3 saturated heterocycles. The minimum absolute atomic E-state index is 0. The van der Waals surface area contributed by atoms with Crippen molar-refractivity contribution in [3.05, 3.63) is 23.5 Å². The van der Waals surface area contributed by atoms with Crippen molar-refractivity contribution in [1.29, 1.82) is 0 Å². The van der Waals surface area contributed by atoms with Crippen LogP contribution in [0.1, 0.15) is 49.3 Å². The van der Waals surface area contributed by atoms with Crippen LogP contribution in [-0.2, 0) is 28.4 Å². The number of aromatic nitrogens is 1. The molecule has 3 atom stereocenters. The van der Waals surface area contributed by atoms with Crippen molar-refractivity contribution in [2.24, 2.45) is 18.9 Å². The normalized spacial score (nSPS) is 26.6. The topological polar surface area (TPSA) is 82.9 Å². The van der Waals surface area contributed by atoms with E-state index in [-0.39, 0.29) is 30.1 Å². The molecule has 8 nitrogen and oxygen atoms in total. The Balaban J connectivity index is 0.00000272. The van der Waals surface area contributed by atoms with Gasteiger partial charge in [0.05, 0.1) is 24.3 Å². The van der Waals surface area contributed by atoms with Gasteiger partial charge in [0, 0.05) is 25.8 Å². The first-order valence-electron chi connectivity index (χ1n) is 10.8. The number of amides is 2. The predicted octanol–water partition coefficient (Wildman–Crippen LogP) is 1.70. The van der Waals surface area contributed by atoms with Gasteiger partial charge in [-0.1, -0.05) is 13.8 Å². The largest absolute Gasteiger partial charge is 0.342 e. The SMILES string of the molecule is CC(C)[C@@H]1C(=O)N(S(C)(=O)=O)[C@@H]2CCN(C(=O)c3ccc(CN4CCCC4)n3C)[C@H]21.Cl. The molecule has 0 unspecified atom stereocenters. The Kier molecular flexibility index (Phi) is 6.79. The Morgan fingerprint density at radius 3 is 2.39 bits per heavy atom. The van der Waals surface area contributed by atoms with Crippen LogP contribution < -0.4 is 0 Å². The zero-order chi connectivity index (χ0) is 21.8. The number of likely N-dealkylation sites (tertiary alicyclic amines) is 2. The summed E-state index contributed by atoms with van der Waals surface area (Å²) in [5.74, 6) is -1.04. The second-order valence-electron chi connectivity index (χ2n) is 9.26. The van der Waals surface area contributed by atoms with Crippen molar-refractivity contribution >= 4 is 34.2 Å². The minimum atomic E-state index is -3.67. The molecule has 0 bridgehead atoms. The van der Waals surface area contributed by atoms with Crippen molar-refractivity contribution in [3.8, 4) is 0 Å². The summed E-state index contributed by atoms with van der Waals surface area (Å²) in [4.78, 5) is 30.6. The molecule has 174 valence electrons. The third-order valence-corrected chi connectivity index (χ3v) is 8.12. The molecule has 31 heavy (non-hydrogen) atoms. The van der Waals surface area contributed by atoms with Gasteiger partial charge in [-0.05, 0) is 50.4 Å². The molecular weight excluding hydrogens is 440 g/mol. The van der Waals surface area contributed by atoms with Gasteiger partial charge >= 0.3 is 0 Å². The maximum atomic E-state index is 13.5. The molecule has 0 radical (unpaired) electrons. The number of hydrogen-bond donors (Lipinski definition) is 0. The highest BCUT2D eigenvalue weighted by Gasteiger charge is 2.58. The first-order valence-corrected chi connectivity index (χ1v) is 12.7. The molecule has 3 fully saturated rings. The number of carbonyl (C=O) groups excluding carboxylic acids is 2. The zero-order valence-corrected chi connectivity index (χ0v) is 20.3. The van der Waals surface area contributed by atoms with Crippen LogP contribution in [0, 0.1) is 11.8 Å². The Bertz CT molecular complexity index is 955. The molecular formula is C21H33ClN4O4S. The molecule has 0 aromatic carbocycles. The molecule has 0 spiro atoms. The molecule has 2 amide bonds. The first-order chi connectivity index (χ1) is 14.1. The molecule has 3 aliphatic heterocycles. The van der Waals surface area contributed by atoms with E-state index in [4.69, 9.17) is 0 Å². The van der Waals surface area contributed by atoms with E-state index in [1.165, 1.54) is 12.8 Å². The molecule has 1 aromatic rings. The van der Waals surface area contributed by atoms with Gasteiger partial charge in [0.25, 0.3) is 5.91 Å². The standard InChI is InChI=1S/C21H32N4O4S.ClH/c1-14(2)18-19-16(25(21(18)27)30(4,28)29)9-12-24(19)20(26)17-8-7-15(22(17)3)13-23-10-5-6-11-23;/h7-8,14,16,18-19H,5-6,9-13H2,1-4H3;1H/t16-,18+,19-;/m1./s1. The zero-order valence-electron chi connectivity index (χ0n) is 18.7. The second-order valence-corrected chi connectivity index (χ2v) is 11.1. The monoisotopic (exact) mass is 472 g/mol. The highest BCUT2D eigenvalue weighted by atomic mass is 35.5. The number of nitrogens with zero attached hydrogens (tertiary/aromatic N) is 4. The third-order valence-electron chi connectivity index (χ3n) is 6.96. The number of sulfonamides is 1. The summed E-state index contributed by atoms with van der Waals surface area (Å²) in [6, 6.07) is 2.99. The number of fused-ring (bicyclic) bond motifs is 1. The van der Waals surface area contributed by atoms with Crippen molar-refractivity contribution in [2.45, 2.75) is 51.7 Å². The lowest BCUT2D eigenvalue weighted by atomic mass is 9.88. The van der Waals surface area contributed by atoms with Crippen LogP contribution in [0.3, 0.4) is 0 Å². The molecule has 0 saturated carbocycles. The molecule has 0 N–H and O–H groups in total. The Morgan fingerprint density at radius 2 is 1.81 bits per heavy atom. The molecule has 10 heteroatoms. The van der Waals surface area contributed by atoms with Crippen molar-refractivity contribution in [1.82, 2.24) is 18.7 Å². The average Bonchev–Trinajstić information content (AvgIpc) is 3.39. The van der Waals surface area contributed by atoms with Crippen molar-refractivity contribution in [3.63, 3.8) is 0 Å². The average molecular weight is 473 g/mol. The summed E-state index contributed by atoms with van der Waals surface area (Å²) >= 11 is 0. The fourth-order valence-corrected chi connectivity index (χ4v) is 6.68. The fraction of sp³-hybridized carbons (Fsp3) is 0.714. The molecule has 0 aliphatic carbocycles. The van der Waals surface area contributed by atoms with E-state index >= 15 is 0 Å². The van der Waals surface area contributed by atoms with Crippen LogP contribution in [0.5, 0.6) is 0 Å². The molecule has 4 rings (SSSR count). The van der Waals surface area contributed by atoms with E-state index in [2.05, 4.69) is 4.90 Å². The van der Waals surface area contributed by atoms with E-state index in [9.17, 15) is 18.0 Å². The lowest BCUT2D eigenvalue weighted by Gasteiger charge is -2.29. The van der Waals surface area contributed by atoms with Crippen LogP contribution in [0.25, 0.3) is 0 Å². The first kappa shape index (κ1) is 24.1. The Morgan fingerprint density at radius 1 is 1.16 bits per heavy atom. The summed E-state index contributed by atoms with van der Waals surface area (Å²) in [6.07, 6.45) is 4.00. The van der Waals surface area contributed by atoms with Gasteiger partial charge in [-0.2, -0.15) is 0 Å². The van der Waals surface area contributed by atoms with E-state index in [0.29, 0.717) is 18.7 Å². The van der Waals surface area contributed by atoms with Crippen LogP contribution in [0.4, 0.5) is 0 Å². The van der Waals surface area contributed by atoms with Crippen LogP contribution in [0.15, 0.2) is 12.1 Å². The van der Waals surface area contributed by atoms with Gasteiger partial charge in [0.15, 0.2) is 0 Å². The van der Waals surface area contributed by atoms with E-state index in [1.54, 1.807) is 4.90 Å². The molecule has 3 aliphatic rings. The van der Waals surface area contributed by atoms with E-state index < -0.39 is 28.0 Å². The van der Waals surface area contributed by atoms with E-state index in [0.717, 1.165) is 35.9 Å². The summed E-state index contributed by atoms with van der Waals surface area (Å²) in [6.45, 7) is 7.30. The maximum Gasteiger partial charge on any atom is 0.270 e. The van der Waals surface area contributed by atoms with Crippen LogP contribution in [-0.4, -0.2) is 76.9 Å². The number of halogens is 1. The smallest absolute Gasteiger partial charge is 0.270 e. The van der Waals surface area contributed by atoms with Crippen LogP contribution >= 0.6 is 12.4 Å². The third kappa shape index (κ3) is 4.12. The van der Waals surface area contributed by atoms with Gasteiger partial charge < -0.3 is 9.47 Å². The van der Waals surface area contributed by atoms with Gasteiger partial charge in [-0.3, -0.25) is 14.5 Å². The van der Waals surface area contributed by atoms with Crippen molar-refractivity contribution in [2.75, 3.05) is 25.9 Å². The number of hydrogen-bond acceptors (Lipinski definition) is 5. The summed E-state index contributed by atoms with van der Waals surface area (Å²) in [7, 11) is -1.76. The second kappa shape index (κ2) is 8.75. The molecule has 1 aromatic heterocycles.